The van der Waals surface area contributed by atoms with Crippen LogP contribution >= 0.6 is 0 Å². The third-order valence-corrected chi connectivity index (χ3v) is 12.8. The van der Waals surface area contributed by atoms with Gasteiger partial charge in [0.1, 0.15) is 5.69 Å². The van der Waals surface area contributed by atoms with E-state index in [2.05, 4.69) is 202 Å². The first kappa shape index (κ1) is 31.1. The van der Waals surface area contributed by atoms with Crippen molar-refractivity contribution in [2.45, 2.75) is 0 Å². The molecule has 0 aliphatic rings. The average Bonchev–Trinajstić information content (AvgIpc) is 4.02. The Labute approximate surface area is 336 Å². The van der Waals surface area contributed by atoms with E-state index < -0.39 is 0 Å². The van der Waals surface area contributed by atoms with Crippen LogP contribution in [0.3, 0.4) is 0 Å². The molecule has 0 N–H and O–H groups in total. The van der Waals surface area contributed by atoms with Crippen LogP contribution < -0.4 is 0 Å². The van der Waals surface area contributed by atoms with Gasteiger partial charge in [-0.1, -0.05) is 146 Å². The second-order valence-corrected chi connectivity index (χ2v) is 15.8. The number of fused-ring (bicyclic) bond motifs is 16. The third-order valence-electron chi connectivity index (χ3n) is 12.8. The highest BCUT2D eigenvalue weighted by Crippen LogP contribution is 2.48. The number of para-hydroxylation sites is 4. The Morgan fingerprint density at radius 1 is 0.322 bits per heavy atom. The molecule has 0 aliphatic heterocycles. The topological polar surface area (TPSA) is 40.0 Å². The molecule has 0 spiro atoms. The molecule has 14 aromatic rings. The maximum Gasteiger partial charge on any atom is 0.168 e. The van der Waals surface area contributed by atoms with Crippen molar-refractivity contribution in [3.63, 3.8) is 0 Å². The van der Waals surface area contributed by atoms with E-state index >= 15 is 0 Å². The Bertz CT molecular complexity index is 4070. The molecule has 0 aliphatic carbocycles. The highest BCUT2D eigenvalue weighted by molar-refractivity contribution is 6.37. The van der Waals surface area contributed by atoms with Gasteiger partial charge in [0.2, 0.25) is 0 Å². The summed E-state index contributed by atoms with van der Waals surface area (Å²) in [7, 11) is 0. The van der Waals surface area contributed by atoms with Crippen LogP contribution in [0.25, 0.3) is 126 Å². The summed E-state index contributed by atoms with van der Waals surface area (Å²) in [5, 5.41) is 24.9. The van der Waals surface area contributed by atoms with Crippen LogP contribution in [0.2, 0.25) is 0 Å². The number of hydrogen-bond donors (Lipinski definition) is 0. The van der Waals surface area contributed by atoms with E-state index in [4.69, 9.17) is 10.2 Å². The molecule has 0 fully saturated rings. The molecule has 14 rings (SSSR count). The highest BCUT2D eigenvalue weighted by atomic mass is 15.2. The standard InChI is InChI=1S/C54H31N5/c1-2-15-34(16-3-1)57-44-23-11-8-18-36(44)38-28-27-33(30-47(38)57)51-39-20-6-7-21-40(39)54(56-55-51)58-46-25-13-10-22-41(46)49-48(58)31-43-37-19-9-12-24-45(37)59-52-35-17-5-4-14-32(35)26-29-42(52)50(49)53(43)59/h1-31H. The van der Waals surface area contributed by atoms with E-state index in [1.165, 1.54) is 75.9 Å². The van der Waals surface area contributed by atoms with Gasteiger partial charge in [-0.2, -0.15) is 0 Å². The molecule has 0 atom stereocenters. The number of benzene rings is 9. The maximum atomic E-state index is 5.21. The molecule has 0 amide bonds. The Morgan fingerprint density at radius 3 is 1.75 bits per heavy atom. The summed E-state index contributed by atoms with van der Waals surface area (Å²) in [4.78, 5) is 0. The Balaban J connectivity index is 1.08. The molecule has 9 aromatic carbocycles. The van der Waals surface area contributed by atoms with Gasteiger partial charge in [0.15, 0.2) is 5.82 Å². The van der Waals surface area contributed by atoms with E-state index in [-0.39, 0.29) is 0 Å². The fraction of sp³-hybridized carbons (Fsp3) is 0. The lowest BCUT2D eigenvalue weighted by Crippen LogP contribution is -2.02. The predicted molar refractivity (Wildman–Crippen MR) is 246 cm³/mol. The van der Waals surface area contributed by atoms with Crippen LogP contribution in [0, 0.1) is 0 Å². The molecule has 5 heterocycles. The molecule has 5 nitrogen and oxygen atoms in total. The zero-order valence-corrected chi connectivity index (χ0v) is 31.6. The second kappa shape index (κ2) is 11.3. The molecule has 0 unspecified atom stereocenters. The molecular weight excluding hydrogens is 719 g/mol. The first-order valence-corrected chi connectivity index (χ1v) is 20.2. The van der Waals surface area contributed by atoms with Crippen molar-refractivity contribution in [3.05, 3.63) is 188 Å². The summed E-state index contributed by atoms with van der Waals surface area (Å²) in [6, 6.07) is 68.1. The third kappa shape index (κ3) is 3.98. The van der Waals surface area contributed by atoms with Crippen molar-refractivity contribution in [2.24, 2.45) is 0 Å². The molecule has 0 saturated heterocycles. The number of aromatic nitrogens is 5. The van der Waals surface area contributed by atoms with Crippen molar-refractivity contribution < 1.29 is 0 Å². The second-order valence-electron chi connectivity index (χ2n) is 15.8. The van der Waals surface area contributed by atoms with Gasteiger partial charge in [0, 0.05) is 70.5 Å². The maximum absolute atomic E-state index is 5.21. The van der Waals surface area contributed by atoms with Gasteiger partial charge in [0.05, 0.1) is 38.6 Å². The fourth-order valence-corrected chi connectivity index (χ4v) is 10.4. The van der Waals surface area contributed by atoms with Gasteiger partial charge in [-0.25, -0.2) is 0 Å². The van der Waals surface area contributed by atoms with Crippen LogP contribution in [0.5, 0.6) is 0 Å². The molecule has 5 aromatic heterocycles. The summed E-state index contributed by atoms with van der Waals surface area (Å²) >= 11 is 0. The van der Waals surface area contributed by atoms with Crippen LogP contribution in [0.15, 0.2) is 188 Å². The molecule has 0 radical (unpaired) electrons. The summed E-state index contributed by atoms with van der Waals surface area (Å²) in [5.41, 5.74) is 11.3. The number of nitrogens with zero attached hydrogens (tertiary/aromatic N) is 5. The predicted octanol–water partition coefficient (Wildman–Crippen LogP) is 13.8. The molecule has 59 heavy (non-hydrogen) atoms. The molecule has 272 valence electrons. The lowest BCUT2D eigenvalue weighted by molar-refractivity contribution is 0.977. The minimum Gasteiger partial charge on any atom is -0.309 e. The normalized spacial score (nSPS) is 12.4. The van der Waals surface area contributed by atoms with Crippen molar-refractivity contribution in [1.82, 2.24) is 23.7 Å². The van der Waals surface area contributed by atoms with E-state index in [9.17, 15) is 0 Å². The number of rotatable bonds is 3. The monoisotopic (exact) mass is 749 g/mol. The van der Waals surface area contributed by atoms with Gasteiger partial charge in [0.25, 0.3) is 0 Å². The first-order valence-electron chi connectivity index (χ1n) is 20.2. The Kier molecular flexibility index (Phi) is 5.96. The lowest BCUT2D eigenvalue weighted by atomic mass is 10.00. The fourth-order valence-electron chi connectivity index (χ4n) is 10.4. The van der Waals surface area contributed by atoms with E-state index in [0.717, 1.165) is 50.1 Å². The summed E-state index contributed by atoms with van der Waals surface area (Å²) in [5.74, 6) is 0.821. The van der Waals surface area contributed by atoms with Gasteiger partial charge in [-0.15, -0.1) is 10.2 Å². The minimum absolute atomic E-state index is 0.821. The van der Waals surface area contributed by atoms with Gasteiger partial charge < -0.3 is 8.97 Å². The molecule has 0 bridgehead atoms. The van der Waals surface area contributed by atoms with E-state index in [1.807, 2.05) is 0 Å². The highest BCUT2D eigenvalue weighted by Gasteiger charge is 2.26. The zero-order chi connectivity index (χ0) is 38.3. The average molecular weight is 750 g/mol. The lowest BCUT2D eigenvalue weighted by Gasteiger charge is -2.13. The van der Waals surface area contributed by atoms with E-state index in [0.29, 0.717) is 0 Å². The summed E-state index contributed by atoms with van der Waals surface area (Å²) in [6.07, 6.45) is 0. The van der Waals surface area contributed by atoms with Crippen LogP contribution in [0.1, 0.15) is 0 Å². The van der Waals surface area contributed by atoms with Crippen molar-refractivity contribution in [3.8, 4) is 22.8 Å². The van der Waals surface area contributed by atoms with Crippen LogP contribution in [-0.4, -0.2) is 23.7 Å². The minimum atomic E-state index is 0.821. The molecular formula is C54H31N5. The SMILES string of the molecule is c1ccc(-n2c3ccccc3c3ccc(-c4nnc(-n5c6ccccc6c6c7c8ccc9ccccc9c8n8c9ccccc9c(cc65)c78)c5ccccc45)cc32)cc1. The number of hydrogen-bond acceptors (Lipinski definition) is 2. The smallest absolute Gasteiger partial charge is 0.168 e. The Morgan fingerprint density at radius 2 is 0.932 bits per heavy atom. The van der Waals surface area contributed by atoms with Crippen LogP contribution in [-0.2, 0) is 0 Å². The van der Waals surface area contributed by atoms with E-state index in [1.54, 1.807) is 0 Å². The Hall–Kier alpha value is -8.02. The summed E-state index contributed by atoms with van der Waals surface area (Å²) in [6.45, 7) is 0. The zero-order valence-electron chi connectivity index (χ0n) is 31.6. The first-order chi connectivity index (χ1) is 29.3. The molecule has 0 saturated carbocycles. The van der Waals surface area contributed by atoms with Crippen LogP contribution in [0.4, 0.5) is 0 Å². The summed E-state index contributed by atoms with van der Waals surface area (Å²) < 4.78 is 7.24. The van der Waals surface area contributed by atoms with Gasteiger partial charge in [-0.05, 0) is 47.9 Å². The quantitative estimate of drug-likeness (QED) is 0.180. The van der Waals surface area contributed by atoms with Crippen molar-refractivity contribution in [1.29, 1.82) is 0 Å². The van der Waals surface area contributed by atoms with Crippen molar-refractivity contribution in [2.75, 3.05) is 0 Å². The largest absolute Gasteiger partial charge is 0.309 e. The van der Waals surface area contributed by atoms with Gasteiger partial charge >= 0.3 is 0 Å². The molecule has 5 heteroatoms. The van der Waals surface area contributed by atoms with Crippen molar-refractivity contribution >= 4 is 103 Å². The van der Waals surface area contributed by atoms with Gasteiger partial charge in [-0.3, -0.25) is 4.57 Å².